The third kappa shape index (κ3) is 5.42. The number of likely N-dealkylation sites (N-methyl/N-ethyl adjacent to an activating group) is 1. The minimum absolute atomic E-state index is 0.0324. The van der Waals surface area contributed by atoms with Crippen molar-refractivity contribution in [3.8, 4) is 0 Å². The molecule has 2 N–H and O–H groups in total. The van der Waals surface area contributed by atoms with Crippen molar-refractivity contribution in [1.82, 2.24) is 4.90 Å². The van der Waals surface area contributed by atoms with Crippen molar-refractivity contribution in [3.63, 3.8) is 0 Å². The van der Waals surface area contributed by atoms with E-state index in [1.807, 2.05) is 7.05 Å². The van der Waals surface area contributed by atoms with Crippen LogP contribution in [0.5, 0.6) is 0 Å². The molecule has 0 aliphatic carbocycles. The summed E-state index contributed by atoms with van der Waals surface area (Å²) in [4.78, 5) is 11.0. The van der Waals surface area contributed by atoms with Crippen molar-refractivity contribution in [1.29, 1.82) is 0 Å². The van der Waals surface area contributed by atoms with Crippen LogP contribution in [-0.2, 0) is 4.79 Å². The standard InChI is InChI=1S/C4H9NO.C2HF3O2/c1-5-2-4(6)3-5;3-2(4,5)1(6)7/h4,6H,2-3H2,1H3;(H,6,7). The van der Waals surface area contributed by atoms with Crippen molar-refractivity contribution in [2.45, 2.75) is 12.3 Å². The second-order valence-corrected chi connectivity index (χ2v) is 2.68. The third-order valence-electron chi connectivity index (χ3n) is 1.29. The molecule has 1 fully saturated rings. The molecular formula is C6H10F3NO3. The number of aliphatic hydroxyl groups excluding tert-OH is 1. The van der Waals surface area contributed by atoms with Gasteiger partial charge >= 0.3 is 12.1 Å². The number of alkyl halides is 3. The Balaban J connectivity index is 0.000000223. The molecule has 1 rings (SSSR count). The average Bonchev–Trinajstić information content (AvgIpc) is 1.84. The van der Waals surface area contributed by atoms with Gasteiger partial charge in [-0.25, -0.2) is 4.79 Å². The van der Waals surface area contributed by atoms with E-state index in [9.17, 15) is 13.2 Å². The minimum atomic E-state index is -5.08. The van der Waals surface area contributed by atoms with Crippen LogP contribution in [0.2, 0.25) is 0 Å². The van der Waals surface area contributed by atoms with E-state index in [1.54, 1.807) is 0 Å². The van der Waals surface area contributed by atoms with Gasteiger partial charge in [0.1, 0.15) is 0 Å². The molecule has 13 heavy (non-hydrogen) atoms. The van der Waals surface area contributed by atoms with Crippen molar-refractivity contribution in [3.05, 3.63) is 0 Å². The van der Waals surface area contributed by atoms with E-state index in [1.165, 1.54) is 0 Å². The maximum Gasteiger partial charge on any atom is 0.490 e. The van der Waals surface area contributed by atoms with Gasteiger partial charge in [0.2, 0.25) is 0 Å². The van der Waals surface area contributed by atoms with E-state index < -0.39 is 12.1 Å². The number of rotatable bonds is 0. The minimum Gasteiger partial charge on any atom is -0.475 e. The van der Waals surface area contributed by atoms with Crippen LogP contribution in [0.3, 0.4) is 0 Å². The smallest absolute Gasteiger partial charge is 0.475 e. The summed E-state index contributed by atoms with van der Waals surface area (Å²) < 4.78 is 31.7. The number of aliphatic carboxylic acids is 1. The number of likely N-dealkylation sites (tertiary alicyclic amines) is 1. The quantitative estimate of drug-likeness (QED) is 0.575. The molecule has 0 aromatic rings. The highest BCUT2D eigenvalue weighted by Gasteiger charge is 2.38. The molecule has 1 saturated heterocycles. The molecule has 0 amide bonds. The molecule has 0 bridgehead atoms. The second kappa shape index (κ2) is 4.43. The molecule has 0 spiro atoms. The number of hydrogen-bond acceptors (Lipinski definition) is 3. The largest absolute Gasteiger partial charge is 0.490 e. The molecule has 1 aliphatic rings. The molecule has 4 nitrogen and oxygen atoms in total. The van der Waals surface area contributed by atoms with Crippen LogP contribution in [0.4, 0.5) is 13.2 Å². The highest BCUT2D eigenvalue weighted by atomic mass is 19.4. The monoisotopic (exact) mass is 201 g/mol. The lowest BCUT2D eigenvalue weighted by Gasteiger charge is -2.31. The van der Waals surface area contributed by atoms with Gasteiger partial charge in [0.15, 0.2) is 0 Å². The Kier molecular flexibility index (Phi) is 4.15. The van der Waals surface area contributed by atoms with E-state index >= 15 is 0 Å². The Labute approximate surface area is 72.6 Å². The van der Waals surface area contributed by atoms with Crippen LogP contribution in [0.1, 0.15) is 0 Å². The predicted molar refractivity (Wildman–Crippen MR) is 37.2 cm³/mol. The summed E-state index contributed by atoms with van der Waals surface area (Å²) in [5.41, 5.74) is 0. The first-order valence-electron chi connectivity index (χ1n) is 3.40. The fourth-order valence-corrected chi connectivity index (χ4v) is 0.666. The van der Waals surface area contributed by atoms with E-state index in [2.05, 4.69) is 4.90 Å². The Morgan fingerprint density at radius 2 is 1.77 bits per heavy atom. The molecule has 0 saturated carbocycles. The summed E-state index contributed by atoms with van der Waals surface area (Å²) >= 11 is 0. The molecule has 1 heterocycles. The maximum absolute atomic E-state index is 10.6. The van der Waals surface area contributed by atoms with Gasteiger partial charge in [-0.3, -0.25) is 0 Å². The maximum atomic E-state index is 10.6. The Bertz CT molecular complexity index is 170. The summed E-state index contributed by atoms with van der Waals surface area (Å²) in [5.74, 6) is -2.76. The van der Waals surface area contributed by atoms with Gasteiger partial charge in [0.05, 0.1) is 6.10 Å². The number of carboxylic acid groups (broad SMARTS) is 1. The molecule has 7 heteroatoms. The third-order valence-corrected chi connectivity index (χ3v) is 1.29. The molecular weight excluding hydrogens is 191 g/mol. The number of β-amino-alcohol motifs (C(OH)–C–C–N with tert-alkyl or cyclic N) is 1. The van der Waals surface area contributed by atoms with Crippen molar-refractivity contribution < 1.29 is 28.2 Å². The first-order chi connectivity index (χ1) is 5.73. The number of nitrogens with zero attached hydrogens (tertiary/aromatic N) is 1. The first kappa shape index (κ1) is 12.2. The van der Waals surface area contributed by atoms with Gasteiger partial charge in [0, 0.05) is 13.1 Å². The summed E-state index contributed by atoms with van der Waals surface area (Å²) in [6.07, 6.45) is -5.12. The van der Waals surface area contributed by atoms with E-state index in [-0.39, 0.29) is 6.10 Å². The van der Waals surface area contributed by atoms with Crippen molar-refractivity contribution in [2.24, 2.45) is 0 Å². The zero-order valence-electron chi connectivity index (χ0n) is 6.88. The van der Waals surface area contributed by atoms with Crippen LogP contribution < -0.4 is 0 Å². The summed E-state index contributed by atoms with van der Waals surface area (Å²) in [6, 6.07) is 0. The molecule has 0 aromatic heterocycles. The van der Waals surface area contributed by atoms with Crippen LogP contribution in [0.15, 0.2) is 0 Å². The van der Waals surface area contributed by atoms with Gasteiger partial charge in [0.25, 0.3) is 0 Å². The lowest BCUT2D eigenvalue weighted by atomic mass is 10.2. The highest BCUT2D eigenvalue weighted by molar-refractivity contribution is 5.73. The SMILES string of the molecule is CN1CC(O)C1.O=C(O)C(F)(F)F. The fourth-order valence-electron chi connectivity index (χ4n) is 0.666. The molecule has 0 atom stereocenters. The van der Waals surface area contributed by atoms with Crippen molar-refractivity contribution in [2.75, 3.05) is 20.1 Å². The normalized spacial score (nSPS) is 18.5. The van der Waals surface area contributed by atoms with Crippen LogP contribution in [-0.4, -0.2) is 53.5 Å². The molecule has 1 aliphatic heterocycles. The van der Waals surface area contributed by atoms with Crippen LogP contribution in [0.25, 0.3) is 0 Å². The zero-order valence-corrected chi connectivity index (χ0v) is 6.88. The summed E-state index contributed by atoms with van der Waals surface area (Å²) in [7, 11) is 1.99. The van der Waals surface area contributed by atoms with Gasteiger partial charge in [-0.2, -0.15) is 13.2 Å². The lowest BCUT2D eigenvalue weighted by molar-refractivity contribution is -0.192. The van der Waals surface area contributed by atoms with E-state index in [0.29, 0.717) is 0 Å². The fraction of sp³-hybridized carbons (Fsp3) is 0.833. The average molecular weight is 201 g/mol. The van der Waals surface area contributed by atoms with Crippen LogP contribution >= 0.6 is 0 Å². The molecule has 78 valence electrons. The predicted octanol–water partition coefficient (Wildman–Crippen LogP) is -0.0740. The van der Waals surface area contributed by atoms with Crippen LogP contribution in [0, 0.1) is 0 Å². The summed E-state index contributed by atoms with van der Waals surface area (Å²) in [5, 5.41) is 15.7. The number of carboxylic acids is 1. The van der Waals surface area contributed by atoms with Gasteiger partial charge in [-0.05, 0) is 7.05 Å². The van der Waals surface area contributed by atoms with Gasteiger partial charge in [-0.15, -0.1) is 0 Å². The Hall–Kier alpha value is -0.820. The Morgan fingerprint density at radius 1 is 1.46 bits per heavy atom. The Morgan fingerprint density at radius 3 is 1.77 bits per heavy atom. The zero-order chi connectivity index (χ0) is 10.6. The number of aliphatic hydroxyl groups is 1. The molecule has 0 aromatic carbocycles. The van der Waals surface area contributed by atoms with E-state index in [4.69, 9.17) is 15.0 Å². The second-order valence-electron chi connectivity index (χ2n) is 2.68. The number of hydrogen-bond donors (Lipinski definition) is 2. The summed E-state index contributed by atoms with van der Waals surface area (Å²) in [6.45, 7) is 1.72. The van der Waals surface area contributed by atoms with Crippen molar-refractivity contribution >= 4 is 5.97 Å². The highest BCUT2D eigenvalue weighted by Crippen LogP contribution is 2.13. The first-order valence-corrected chi connectivity index (χ1v) is 3.40. The van der Waals surface area contributed by atoms with Gasteiger partial charge in [-0.1, -0.05) is 0 Å². The molecule has 0 radical (unpaired) electrons. The topological polar surface area (TPSA) is 60.8 Å². The lowest BCUT2D eigenvalue weighted by Crippen LogP contribution is -2.47. The van der Waals surface area contributed by atoms with Gasteiger partial charge < -0.3 is 15.1 Å². The van der Waals surface area contributed by atoms with E-state index in [0.717, 1.165) is 13.1 Å². The number of carbonyl (C=O) groups is 1. The molecule has 0 unspecified atom stereocenters. The number of halogens is 3.